The Morgan fingerprint density at radius 1 is 1.33 bits per heavy atom. The molecule has 110 valence electrons. The highest BCUT2D eigenvalue weighted by Gasteiger charge is 2.55. The summed E-state index contributed by atoms with van der Waals surface area (Å²) >= 11 is 6.03. The zero-order chi connectivity index (χ0) is 15.8. The summed E-state index contributed by atoms with van der Waals surface area (Å²) in [6.45, 7) is 5.46. The highest BCUT2D eigenvalue weighted by Crippen LogP contribution is 2.41. The number of halogens is 1. The van der Waals surface area contributed by atoms with Crippen LogP contribution in [0.2, 0.25) is 5.02 Å². The molecule has 0 radical (unpaired) electrons. The van der Waals surface area contributed by atoms with E-state index in [1.807, 2.05) is 19.9 Å². The van der Waals surface area contributed by atoms with Gasteiger partial charge in [0.1, 0.15) is 11.5 Å². The zero-order valence-corrected chi connectivity index (χ0v) is 13.1. The third-order valence-electron chi connectivity index (χ3n) is 4.42. The maximum atomic E-state index is 12.8. The molecule has 4 nitrogen and oxygen atoms in total. The topological polar surface area (TPSA) is 61.2 Å². The van der Waals surface area contributed by atoms with Gasteiger partial charge in [-0.05, 0) is 38.0 Å². The number of anilines is 1. The minimum atomic E-state index is -0.931. The minimum Gasteiger partial charge on any atom is -0.301 e. The number of nitrogens with zero attached hydrogens (tertiary/aromatic N) is 2. The van der Waals surface area contributed by atoms with Gasteiger partial charge in [-0.3, -0.25) is 9.59 Å². The number of hydrogen-bond donors (Lipinski definition) is 0. The zero-order valence-electron chi connectivity index (χ0n) is 12.3. The van der Waals surface area contributed by atoms with Gasteiger partial charge in [0.2, 0.25) is 5.91 Å². The highest BCUT2D eigenvalue weighted by molar-refractivity contribution is 6.32. The molecule has 1 saturated heterocycles. The molecule has 0 saturated carbocycles. The van der Waals surface area contributed by atoms with Crippen molar-refractivity contribution in [2.75, 3.05) is 4.90 Å². The fourth-order valence-electron chi connectivity index (χ4n) is 3.02. The number of carbonyl (C=O) groups excluding carboxylic acids is 2. The predicted octanol–water partition coefficient (Wildman–Crippen LogP) is 3.32. The summed E-state index contributed by atoms with van der Waals surface area (Å²) in [5.41, 5.74) is -0.0170. The van der Waals surface area contributed by atoms with Gasteiger partial charge in [0.15, 0.2) is 5.78 Å². The molecular weight excluding hydrogens is 288 g/mol. The van der Waals surface area contributed by atoms with Gasteiger partial charge in [-0.1, -0.05) is 25.4 Å². The van der Waals surface area contributed by atoms with E-state index in [1.165, 1.54) is 4.90 Å². The standard InChI is InChI=1S/C16H17ClN2O2/c1-4-16(5-2)14(20)10(3)19(15(16)21)12-7-6-11(9-18)13(17)8-12/h6-8,10H,4-5H2,1-3H3. The number of rotatable bonds is 3. The smallest absolute Gasteiger partial charge is 0.241 e. The molecule has 1 aromatic carbocycles. The van der Waals surface area contributed by atoms with E-state index in [2.05, 4.69) is 0 Å². The van der Waals surface area contributed by atoms with E-state index in [9.17, 15) is 9.59 Å². The average molecular weight is 305 g/mol. The predicted molar refractivity (Wildman–Crippen MR) is 81.1 cm³/mol. The molecule has 1 unspecified atom stereocenters. The van der Waals surface area contributed by atoms with Crippen LogP contribution in [0.25, 0.3) is 0 Å². The van der Waals surface area contributed by atoms with E-state index in [-0.39, 0.29) is 16.7 Å². The molecule has 1 aliphatic heterocycles. The van der Waals surface area contributed by atoms with E-state index in [1.54, 1.807) is 25.1 Å². The van der Waals surface area contributed by atoms with Gasteiger partial charge in [0.25, 0.3) is 0 Å². The summed E-state index contributed by atoms with van der Waals surface area (Å²) < 4.78 is 0. The van der Waals surface area contributed by atoms with Gasteiger partial charge in [0.05, 0.1) is 16.6 Å². The minimum absolute atomic E-state index is 0.0435. The Bertz CT molecular complexity index is 644. The Labute approximate surface area is 129 Å². The number of carbonyl (C=O) groups is 2. The fourth-order valence-corrected chi connectivity index (χ4v) is 3.23. The normalized spacial score (nSPS) is 20.7. The summed E-state index contributed by atoms with van der Waals surface area (Å²) in [7, 11) is 0. The van der Waals surface area contributed by atoms with Crippen LogP contribution in [0.1, 0.15) is 39.2 Å². The van der Waals surface area contributed by atoms with Crippen LogP contribution in [0, 0.1) is 16.7 Å². The second kappa shape index (κ2) is 5.50. The van der Waals surface area contributed by atoms with Crippen LogP contribution >= 0.6 is 11.6 Å². The molecular formula is C16H17ClN2O2. The van der Waals surface area contributed by atoms with E-state index in [4.69, 9.17) is 16.9 Å². The van der Waals surface area contributed by atoms with E-state index < -0.39 is 11.5 Å². The maximum absolute atomic E-state index is 12.8. The third-order valence-corrected chi connectivity index (χ3v) is 4.74. The highest BCUT2D eigenvalue weighted by atomic mass is 35.5. The fraction of sp³-hybridized carbons (Fsp3) is 0.438. The molecule has 1 amide bonds. The van der Waals surface area contributed by atoms with Crippen LogP contribution in [0.4, 0.5) is 5.69 Å². The summed E-state index contributed by atoms with van der Waals surface area (Å²) in [4.78, 5) is 26.8. The van der Waals surface area contributed by atoms with Crippen LogP contribution in [0.5, 0.6) is 0 Å². The second-order valence-electron chi connectivity index (χ2n) is 5.28. The molecule has 0 spiro atoms. The quantitative estimate of drug-likeness (QED) is 0.805. The number of benzene rings is 1. The summed E-state index contributed by atoms with van der Waals surface area (Å²) in [5.74, 6) is -0.219. The van der Waals surface area contributed by atoms with Gasteiger partial charge in [-0.2, -0.15) is 5.26 Å². The Hall–Kier alpha value is -1.86. The lowest BCUT2D eigenvalue weighted by atomic mass is 9.79. The number of hydrogen-bond acceptors (Lipinski definition) is 3. The molecule has 0 aromatic heterocycles. The molecule has 0 aliphatic carbocycles. The molecule has 0 bridgehead atoms. The monoisotopic (exact) mass is 304 g/mol. The van der Waals surface area contributed by atoms with Gasteiger partial charge in [-0.25, -0.2) is 0 Å². The molecule has 21 heavy (non-hydrogen) atoms. The first-order chi connectivity index (χ1) is 9.92. The number of amides is 1. The molecule has 1 fully saturated rings. The first-order valence-electron chi connectivity index (χ1n) is 7.00. The first kappa shape index (κ1) is 15.5. The second-order valence-corrected chi connectivity index (χ2v) is 5.69. The van der Waals surface area contributed by atoms with Crippen molar-refractivity contribution in [3.8, 4) is 6.07 Å². The summed E-state index contributed by atoms with van der Waals surface area (Å²) in [6, 6.07) is 6.27. The van der Waals surface area contributed by atoms with Gasteiger partial charge in [-0.15, -0.1) is 0 Å². The van der Waals surface area contributed by atoms with E-state index in [0.29, 0.717) is 24.1 Å². The van der Waals surface area contributed by atoms with Crippen LogP contribution in [0.3, 0.4) is 0 Å². The van der Waals surface area contributed by atoms with Crippen molar-refractivity contribution in [2.45, 2.75) is 39.7 Å². The molecule has 1 atom stereocenters. The first-order valence-corrected chi connectivity index (χ1v) is 7.38. The number of nitriles is 1. The average Bonchev–Trinajstić information content (AvgIpc) is 2.67. The van der Waals surface area contributed by atoms with Crippen molar-refractivity contribution in [3.63, 3.8) is 0 Å². The van der Waals surface area contributed by atoms with E-state index in [0.717, 1.165) is 0 Å². The number of ketones is 1. The van der Waals surface area contributed by atoms with Gasteiger partial charge < -0.3 is 4.90 Å². The Kier molecular flexibility index (Phi) is 4.06. The number of Topliss-reactive ketones (excluding diaryl/α,β-unsaturated/α-hetero) is 1. The van der Waals surface area contributed by atoms with E-state index >= 15 is 0 Å². The lowest BCUT2D eigenvalue weighted by Crippen LogP contribution is -2.36. The lowest BCUT2D eigenvalue weighted by molar-refractivity contribution is -0.135. The third kappa shape index (κ3) is 2.13. The molecule has 5 heteroatoms. The van der Waals surface area contributed by atoms with Crippen molar-refractivity contribution in [2.24, 2.45) is 5.41 Å². The maximum Gasteiger partial charge on any atom is 0.241 e. The van der Waals surface area contributed by atoms with Crippen LogP contribution in [-0.4, -0.2) is 17.7 Å². The van der Waals surface area contributed by atoms with Crippen molar-refractivity contribution >= 4 is 29.0 Å². The van der Waals surface area contributed by atoms with Crippen LogP contribution in [0.15, 0.2) is 18.2 Å². The Morgan fingerprint density at radius 3 is 2.38 bits per heavy atom. The van der Waals surface area contributed by atoms with Gasteiger partial charge >= 0.3 is 0 Å². The van der Waals surface area contributed by atoms with Gasteiger partial charge in [0, 0.05) is 5.69 Å². The SMILES string of the molecule is CCC1(CC)C(=O)C(C)N(c2ccc(C#N)c(Cl)c2)C1=O. The van der Waals surface area contributed by atoms with Crippen molar-refractivity contribution < 1.29 is 9.59 Å². The molecule has 0 N–H and O–H groups in total. The van der Waals surface area contributed by atoms with Crippen LogP contribution in [-0.2, 0) is 9.59 Å². The summed E-state index contributed by atoms with van der Waals surface area (Å²) in [5, 5.41) is 9.20. The molecule has 1 aliphatic rings. The van der Waals surface area contributed by atoms with Crippen LogP contribution < -0.4 is 4.90 Å². The Morgan fingerprint density at radius 2 is 1.95 bits per heavy atom. The summed E-state index contributed by atoms with van der Waals surface area (Å²) in [6.07, 6.45) is 0.984. The molecule has 1 heterocycles. The Balaban J connectivity index is 2.51. The molecule has 2 rings (SSSR count). The van der Waals surface area contributed by atoms with Crippen molar-refractivity contribution in [1.82, 2.24) is 0 Å². The van der Waals surface area contributed by atoms with Crippen molar-refractivity contribution in [1.29, 1.82) is 5.26 Å². The molecule has 1 aromatic rings. The largest absolute Gasteiger partial charge is 0.301 e. The lowest BCUT2D eigenvalue weighted by Gasteiger charge is -2.24. The van der Waals surface area contributed by atoms with Crippen molar-refractivity contribution in [3.05, 3.63) is 28.8 Å².